The third-order valence-corrected chi connectivity index (χ3v) is 5.12. The van der Waals surface area contributed by atoms with Crippen molar-refractivity contribution in [2.75, 3.05) is 0 Å². The number of aliphatic carboxylic acids is 2. The minimum atomic E-state index is -0.984. The number of allylic oxidation sites excluding steroid dienone is 1. The van der Waals surface area contributed by atoms with Crippen molar-refractivity contribution in [3.63, 3.8) is 0 Å². The summed E-state index contributed by atoms with van der Waals surface area (Å²) in [4.78, 5) is 35.2. The van der Waals surface area contributed by atoms with Crippen LogP contribution in [0.3, 0.4) is 0 Å². The van der Waals surface area contributed by atoms with Crippen molar-refractivity contribution < 1.29 is 24.6 Å². The van der Waals surface area contributed by atoms with Crippen molar-refractivity contribution in [3.05, 3.63) is 101 Å². The Balaban J connectivity index is 1.84. The van der Waals surface area contributed by atoms with Gasteiger partial charge in [0.25, 0.3) is 5.91 Å². The van der Waals surface area contributed by atoms with Gasteiger partial charge in [-0.2, -0.15) is 0 Å². The number of rotatable bonds is 9. The zero-order valence-electron chi connectivity index (χ0n) is 18.2. The van der Waals surface area contributed by atoms with Crippen LogP contribution in [0.25, 0.3) is 17.2 Å². The summed E-state index contributed by atoms with van der Waals surface area (Å²) in [6.07, 6.45) is 1.71. The van der Waals surface area contributed by atoms with E-state index in [-0.39, 0.29) is 12.8 Å². The summed E-state index contributed by atoms with van der Waals surface area (Å²) in [6.45, 7) is 1.58. The fraction of sp³-hybridized carbons (Fsp3) is 0.148. The minimum Gasteiger partial charge on any atom is -0.481 e. The zero-order chi connectivity index (χ0) is 23.8. The molecule has 6 nitrogen and oxygen atoms in total. The lowest BCUT2D eigenvalue weighted by molar-refractivity contribution is -0.141. The van der Waals surface area contributed by atoms with Gasteiger partial charge in [-0.1, -0.05) is 73.7 Å². The zero-order valence-corrected chi connectivity index (χ0v) is 18.2. The van der Waals surface area contributed by atoms with E-state index < -0.39 is 23.8 Å². The van der Waals surface area contributed by atoms with Crippen molar-refractivity contribution in [2.24, 2.45) is 5.92 Å². The summed E-state index contributed by atoms with van der Waals surface area (Å²) in [5, 5.41) is 21.1. The van der Waals surface area contributed by atoms with E-state index in [0.717, 1.165) is 16.7 Å². The van der Waals surface area contributed by atoms with Crippen molar-refractivity contribution in [2.45, 2.75) is 19.8 Å². The summed E-state index contributed by atoms with van der Waals surface area (Å²) < 4.78 is 0. The van der Waals surface area contributed by atoms with Crippen LogP contribution in [0.1, 0.15) is 34.8 Å². The Labute approximate surface area is 192 Å². The van der Waals surface area contributed by atoms with E-state index in [2.05, 4.69) is 5.32 Å². The molecule has 168 valence electrons. The van der Waals surface area contributed by atoms with Gasteiger partial charge in [-0.05, 0) is 40.5 Å². The van der Waals surface area contributed by atoms with Gasteiger partial charge in [0.05, 0.1) is 12.3 Å². The lowest BCUT2D eigenvalue weighted by Gasteiger charge is -2.14. The minimum absolute atomic E-state index is 0.135. The largest absolute Gasteiger partial charge is 0.481 e. The van der Waals surface area contributed by atoms with Crippen molar-refractivity contribution in [1.82, 2.24) is 5.32 Å². The number of nitrogens with one attached hydrogen (secondary N) is 1. The second-order valence-corrected chi connectivity index (χ2v) is 7.83. The number of carboxylic acid groups (broad SMARTS) is 2. The number of amides is 1. The Morgan fingerprint density at radius 1 is 0.879 bits per heavy atom. The van der Waals surface area contributed by atoms with Gasteiger partial charge in [-0.15, -0.1) is 0 Å². The molecule has 0 radical (unpaired) electrons. The lowest BCUT2D eigenvalue weighted by Crippen LogP contribution is -2.25. The first-order valence-electron chi connectivity index (χ1n) is 10.5. The molecule has 0 aliphatic heterocycles. The molecule has 0 bridgehead atoms. The molecule has 0 aromatic heterocycles. The van der Waals surface area contributed by atoms with Gasteiger partial charge in [0.1, 0.15) is 0 Å². The van der Waals surface area contributed by atoms with E-state index in [1.54, 1.807) is 31.2 Å². The van der Waals surface area contributed by atoms with Crippen LogP contribution in [0.4, 0.5) is 0 Å². The number of carbonyl (C=O) groups is 3. The van der Waals surface area contributed by atoms with Gasteiger partial charge >= 0.3 is 11.9 Å². The molecule has 0 spiro atoms. The smallest absolute Gasteiger partial charge is 0.307 e. The first kappa shape index (κ1) is 23.5. The van der Waals surface area contributed by atoms with Crippen molar-refractivity contribution in [3.8, 4) is 11.1 Å². The van der Waals surface area contributed by atoms with Crippen LogP contribution < -0.4 is 5.32 Å². The number of carboxylic acids is 2. The maximum Gasteiger partial charge on any atom is 0.307 e. The normalized spacial score (nSPS) is 12.1. The molecule has 3 aromatic rings. The predicted molar refractivity (Wildman–Crippen MR) is 127 cm³/mol. The fourth-order valence-corrected chi connectivity index (χ4v) is 3.38. The van der Waals surface area contributed by atoms with Crippen molar-refractivity contribution >= 4 is 23.9 Å². The quantitative estimate of drug-likeness (QED) is 0.438. The maximum absolute atomic E-state index is 12.8. The molecule has 0 saturated carbocycles. The summed E-state index contributed by atoms with van der Waals surface area (Å²) >= 11 is 0. The van der Waals surface area contributed by atoms with Crippen LogP contribution in [0, 0.1) is 5.92 Å². The maximum atomic E-state index is 12.8. The average molecular weight is 443 g/mol. The van der Waals surface area contributed by atoms with Gasteiger partial charge in [0.2, 0.25) is 0 Å². The van der Waals surface area contributed by atoms with Crippen LogP contribution in [0.5, 0.6) is 0 Å². The summed E-state index contributed by atoms with van der Waals surface area (Å²) in [7, 11) is 0. The van der Waals surface area contributed by atoms with E-state index in [4.69, 9.17) is 5.11 Å². The Kier molecular flexibility index (Phi) is 7.76. The molecule has 0 aliphatic carbocycles. The van der Waals surface area contributed by atoms with Crippen LogP contribution in [0.15, 0.2) is 84.6 Å². The van der Waals surface area contributed by atoms with Gasteiger partial charge in [-0.25, -0.2) is 0 Å². The van der Waals surface area contributed by atoms with Crippen LogP contribution in [-0.4, -0.2) is 28.1 Å². The van der Waals surface area contributed by atoms with Crippen molar-refractivity contribution in [1.29, 1.82) is 0 Å². The SMILES string of the molecule is C[C@H](C/C(=C/c1ccc(-c2ccccc2)cc1)NC(=O)c1cccc(CC(=O)O)c1)C(=O)O. The van der Waals surface area contributed by atoms with E-state index in [0.29, 0.717) is 16.8 Å². The molecule has 33 heavy (non-hydrogen) atoms. The molecule has 0 saturated heterocycles. The Bertz CT molecular complexity index is 1170. The topological polar surface area (TPSA) is 104 Å². The fourth-order valence-electron chi connectivity index (χ4n) is 3.38. The Morgan fingerprint density at radius 3 is 2.18 bits per heavy atom. The molecule has 3 aromatic carbocycles. The molecular weight excluding hydrogens is 418 g/mol. The highest BCUT2D eigenvalue weighted by atomic mass is 16.4. The first-order chi connectivity index (χ1) is 15.8. The van der Waals surface area contributed by atoms with E-state index in [1.807, 2.05) is 54.6 Å². The van der Waals surface area contributed by atoms with Gasteiger partial charge in [0.15, 0.2) is 0 Å². The van der Waals surface area contributed by atoms with Gasteiger partial charge in [-0.3, -0.25) is 14.4 Å². The molecule has 0 fully saturated rings. The van der Waals surface area contributed by atoms with Gasteiger partial charge in [0, 0.05) is 17.7 Å². The number of hydrogen-bond donors (Lipinski definition) is 3. The monoisotopic (exact) mass is 443 g/mol. The van der Waals surface area contributed by atoms with E-state index in [1.165, 1.54) is 6.07 Å². The van der Waals surface area contributed by atoms with Gasteiger partial charge < -0.3 is 15.5 Å². The number of hydrogen-bond acceptors (Lipinski definition) is 3. The molecule has 1 amide bonds. The molecule has 0 heterocycles. The molecule has 0 unspecified atom stereocenters. The molecule has 0 aliphatic rings. The Hall–Kier alpha value is -4.19. The average Bonchev–Trinajstić information content (AvgIpc) is 2.79. The van der Waals surface area contributed by atoms with Crippen LogP contribution in [-0.2, 0) is 16.0 Å². The van der Waals surface area contributed by atoms with E-state index in [9.17, 15) is 19.5 Å². The van der Waals surface area contributed by atoms with Crippen LogP contribution >= 0.6 is 0 Å². The number of benzene rings is 3. The molecule has 3 rings (SSSR count). The second kappa shape index (κ2) is 10.9. The Morgan fingerprint density at radius 2 is 1.55 bits per heavy atom. The predicted octanol–water partition coefficient (Wildman–Crippen LogP) is 4.86. The molecule has 6 heteroatoms. The lowest BCUT2D eigenvalue weighted by atomic mass is 10.0. The molecule has 1 atom stereocenters. The highest BCUT2D eigenvalue weighted by molar-refractivity contribution is 5.96. The standard InChI is InChI=1S/C27H25NO5/c1-18(27(32)33)14-24(28-26(31)23-9-5-6-20(15-23)17-25(29)30)16-19-10-12-22(13-11-19)21-7-3-2-4-8-21/h2-13,15-16,18H,14,17H2,1H3,(H,28,31)(H,29,30)(H,32,33)/b24-16-/t18-/m1/s1. The van der Waals surface area contributed by atoms with Crippen LogP contribution in [0.2, 0.25) is 0 Å². The summed E-state index contributed by atoms with van der Waals surface area (Å²) in [6, 6.07) is 24.1. The van der Waals surface area contributed by atoms with E-state index >= 15 is 0 Å². The summed E-state index contributed by atoms with van der Waals surface area (Å²) in [5.74, 6) is -3.06. The molecular formula is C27H25NO5. The number of carbonyl (C=O) groups excluding carboxylic acids is 1. The first-order valence-corrected chi connectivity index (χ1v) is 10.5. The molecule has 3 N–H and O–H groups in total. The third-order valence-electron chi connectivity index (χ3n) is 5.12. The second-order valence-electron chi connectivity index (χ2n) is 7.83. The third kappa shape index (κ3) is 6.90. The highest BCUT2D eigenvalue weighted by Gasteiger charge is 2.16. The highest BCUT2D eigenvalue weighted by Crippen LogP contribution is 2.21. The summed E-state index contributed by atoms with van der Waals surface area (Å²) in [5.41, 5.74) is 4.24.